The summed E-state index contributed by atoms with van der Waals surface area (Å²) in [5.74, 6) is 0.725. The number of hydrogen-bond acceptors (Lipinski definition) is 3. The first-order valence-electron chi connectivity index (χ1n) is 3.74. The summed E-state index contributed by atoms with van der Waals surface area (Å²) in [6, 6.07) is 5.66. The average molecular weight is 214 g/mol. The van der Waals surface area contributed by atoms with Crippen molar-refractivity contribution in [2.45, 2.75) is 0 Å². The summed E-state index contributed by atoms with van der Waals surface area (Å²) in [4.78, 5) is 0. The van der Waals surface area contributed by atoms with Crippen LogP contribution in [-0.2, 0) is 0 Å². The van der Waals surface area contributed by atoms with Crippen molar-refractivity contribution in [3.63, 3.8) is 0 Å². The van der Waals surface area contributed by atoms with Crippen molar-refractivity contribution in [3.05, 3.63) is 23.2 Å². The molecule has 1 heterocycles. The zero-order chi connectivity index (χ0) is 9.42. The number of hydrogen-bond donors (Lipinski definition) is 1. The second-order valence-corrected chi connectivity index (χ2v) is 4.16. The predicted molar refractivity (Wildman–Crippen MR) is 57.8 cm³/mol. The lowest BCUT2D eigenvalue weighted by Crippen LogP contribution is -1.86. The minimum Gasteiger partial charge on any atom is -0.493 e. The Labute approximate surface area is 84.9 Å². The molecule has 2 aromatic rings. The van der Waals surface area contributed by atoms with E-state index in [1.807, 2.05) is 18.2 Å². The zero-order valence-corrected chi connectivity index (χ0v) is 8.58. The molecule has 0 saturated carbocycles. The normalized spacial score (nSPS) is 10.6. The Hall–Kier alpha value is -0.930. The molecule has 68 valence electrons. The number of nitrogen functional groups attached to an aromatic ring is 1. The molecule has 0 spiro atoms. The summed E-state index contributed by atoms with van der Waals surface area (Å²) < 4.78 is 6.28. The lowest BCUT2D eigenvalue weighted by atomic mass is 10.2. The van der Waals surface area contributed by atoms with E-state index in [4.69, 9.17) is 22.1 Å². The monoisotopic (exact) mass is 213 g/mol. The maximum absolute atomic E-state index is 5.87. The highest BCUT2D eigenvalue weighted by molar-refractivity contribution is 7.23. The highest BCUT2D eigenvalue weighted by Gasteiger charge is 2.09. The molecular formula is C9H8ClNOS. The van der Waals surface area contributed by atoms with Gasteiger partial charge in [-0.2, -0.15) is 0 Å². The Bertz CT molecular complexity index is 452. The van der Waals surface area contributed by atoms with Gasteiger partial charge in [0.05, 0.1) is 7.11 Å². The van der Waals surface area contributed by atoms with E-state index in [0.717, 1.165) is 15.8 Å². The first-order valence-corrected chi connectivity index (χ1v) is 4.93. The van der Waals surface area contributed by atoms with Crippen LogP contribution in [0.2, 0.25) is 5.02 Å². The largest absolute Gasteiger partial charge is 0.493 e. The van der Waals surface area contributed by atoms with Gasteiger partial charge in [0, 0.05) is 15.1 Å². The molecule has 13 heavy (non-hydrogen) atoms. The van der Waals surface area contributed by atoms with Crippen LogP contribution in [0.3, 0.4) is 0 Å². The van der Waals surface area contributed by atoms with E-state index >= 15 is 0 Å². The number of nitrogens with two attached hydrogens (primary N) is 1. The van der Waals surface area contributed by atoms with Gasteiger partial charge in [0.25, 0.3) is 0 Å². The van der Waals surface area contributed by atoms with E-state index in [2.05, 4.69) is 0 Å². The molecule has 1 aromatic carbocycles. The van der Waals surface area contributed by atoms with Crippen LogP contribution in [0.25, 0.3) is 10.1 Å². The Morgan fingerprint density at radius 3 is 2.92 bits per heavy atom. The summed E-state index contributed by atoms with van der Waals surface area (Å²) in [7, 11) is 1.61. The topological polar surface area (TPSA) is 35.2 Å². The number of ether oxygens (including phenoxy) is 1. The van der Waals surface area contributed by atoms with Crippen molar-refractivity contribution >= 4 is 38.0 Å². The molecule has 0 aliphatic carbocycles. The number of halogens is 1. The van der Waals surface area contributed by atoms with Gasteiger partial charge in [-0.3, -0.25) is 0 Å². The number of methoxy groups -OCH3 is 1. The smallest absolute Gasteiger partial charge is 0.160 e. The molecule has 0 fully saturated rings. The summed E-state index contributed by atoms with van der Waals surface area (Å²) in [6.07, 6.45) is 0. The second kappa shape index (κ2) is 3.09. The third kappa shape index (κ3) is 1.34. The molecule has 0 bridgehead atoms. The molecule has 0 saturated heterocycles. The van der Waals surface area contributed by atoms with Gasteiger partial charge < -0.3 is 10.5 Å². The van der Waals surface area contributed by atoms with Crippen molar-refractivity contribution < 1.29 is 4.74 Å². The minimum absolute atomic E-state index is 0.694. The third-order valence-corrected chi connectivity index (χ3v) is 3.05. The molecule has 0 amide bonds. The molecule has 0 atom stereocenters. The number of anilines is 1. The van der Waals surface area contributed by atoms with E-state index in [1.54, 1.807) is 7.11 Å². The Kier molecular flexibility index (Phi) is 2.06. The highest BCUT2D eigenvalue weighted by Crippen LogP contribution is 2.40. The van der Waals surface area contributed by atoms with E-state index in [9.17, 15) is 0 Å². The van der Waals surface area contributed by atoms with Gasteiger partial charge in [-0.1, -0.05) is 11.6 Å². The van der Waals surface area contributed by atoms with Crippen molar-refractivity contribution in [2.24, 2.45) is 0 Å². The van der Waals surface area contributed by atoms with Gasteiger partial charge in [0.1, 0.15) is 5.00 Å². The summed E-state index contributed by atoms with van der Waals surface area (Å²) >= 11 is 7.37. The molecule has 0 aliphatic heterocycles. The summed E-state index contributed by atoms with van der Waals surface area (Å²) in [5.41, 5.74) is 5.76. The maximum Gasteiger partial charge on any atom is 0.160 e. The van der Waals surface area contributed by atoms with E-state index in [1.165, 1.54) is 11.3 Å². The second-order valence-electron chi connectivity index (χ2n) is 2.64. The fourth-order valence-electron chi connectivity index (χ4n) is 1.28. The fourth-order valence-corrected chi connectivity index (χ4v) is 2.37. The van der Waals surface area contributed by atoms with Crippen molar-refractivity contribution in [1.82, 2.24) is 0 Å². The highest BCUT2D eigenvalue weighted by atomic mass is 35.5. The van der Waals surface area contributed by atoms with Crippen molar-refractivity contribution in [2.75, 3.05) is 12.8 Å². The Morgan fingerprint density at radius 2 is 2.23 bits per heavy atom. The standard InChI is InChI=1S/C9H8ClNOS/c1-12-8-6-4-5(10)2-3-7(6)13-9(8)11/h2-4H,11H2,1H3. The number of rotatable bonds is 1. The van der Waals surface area contributed by atoms with Gasteiger partial charge in [-0.05, 0) is 18.2 Å². The van der Waals surface area contributed by atoms with Gasteiger partial charge in [-0.25, -0.2) is 0 Å². The van der Waals surface area contributed by atoms with Crippen LogP contribution in [0.4, 0.5) is 5.00 Å². The number of benzene rings is 1. The molecule has 1 aromatic heterocycles. The van der Waals surface area contributed by atoms with Crippen LogP contribution in [0.5, 0.6) is 5.75 Å². The summed E-state index contributed by atoms with van der Waals surface area (Å²) in [5, 5.41) is 2.38. The van der Waals surface area contributed by atoms with Gasteiger partial charge in [0.2, 0.25) is 0 Å². The lowest BCUT2D eigenvalue weighted by Gasteiger charge is -1.97. The summed E-state index contributed by atoms with van der Waals surface area (Å²) in [6.45, 7) is 0. The van der Waals surface area contributed by atoms with Gasteiger partial charge >= 0.3 is 0 Å². The molecule has 4 heteroatoms. The maximum atomic E-state index is 5.87. The third-order valence-electron chi connectivity index (χ3n) is 1.83. The van der Waals surface area contributed by atoms with Crippen LogP contribution in [0.15, 0.2) is 18.2 Å². The van der Waals surface area contributed by atoms with Crippen molar-refractivity contribution in [1.29, 1.82) is 0 Å². The SMILES string of the molecule is COc1c(N)sc2ccc(Cl)cc12. The van der Waals surface area contributed by atoms with E-state index < -0.39 is 0 Å². The predicted octanol–water partition coefficient (Wildman–Crippen LogP) is 3.15. The molecule has 0 aliphatic rings. The minimum atomic E-state index is 0.694. The molecule has 2 nitrogen and oxygen atoms in total. The van der Waals surface area contributed by atoms with Crippen LogP contribution < -0.4 is 10.5 Å². The van der Waals surface area contributed by atoms with Crippen LogP contribution in [0, 0.1) is 0 Å². The Morgan fingerprint density at radius 1 is 1.46 bits per heavy atom. The first kappa shape index (κ1) is 8.66. The first-order chi connectivity index (χ1) is 6.22. The lowest BCUT2D eigenvalue weighted by molar-refractivity contribution is 0.423. The molecule has 2 N–H and O–H groups in total. The molecule has 0 radical (unpaired) electrons. The van der Waals surface area contributed by atoms with E-state index in [-0.39, 0.29) is 0 Å². The quantitative estimate of drug-likeness (QED) is 0.790. The Balaban J connectivity index is 2.80. The fraction of sp³-hybridized carbons (Fsp3) is 0.111. The van der Waals surface area contributed by atoms with E-state index in [0.29, 0.717) is 10.0 Å². The van der Waals surface area contributed by atoms with Crippen LogP contribution in [0.1, 0.15) is 0 Å². The molecular weight excluding hydrogens is 206 g/mol. The van der Waals surface area contributed by atoms with Gasteiger partial charge in [0.15, 0.2) is 5.75 Å². The van der Waals surface area contributed by atoms with Crippen molar-refractivity contribution in [3.8, 4) is 5.75 Å². The number of thiophene rings is 1. The molecule has 0 unspecified atom stereocenters. The van der Waals surface area contributed by atoms with Gasteiger partial charge in [-0.15, -0.1) is 11.3 Å². The van der Waals surface area contributed by atoms with Crippen LogP contribution >= 0.6 is 22.9 Å². The van der Waals surface area contributed by atoms with Crippen LogP contribution in [-0.4, -0.2) is 7.11 Å². The number of fused-ring (bicyclic) bond motifs is 1. The zero-order valence-electron chi connectivity index (χ0n) is 7.00. The molecule has 2 rings (SSSR count). The average Bonchev–Trinajstić information content (AvgIpc) is 2.40.